The first-order valence-corrected chi connectivity index (χ1v) is 11.3. The minimum absolute atomic E-state index is 0.0333. The van der Waals surface area contributed by atoms with Crippen LogP contribution >= 0.6 is 22.9 Å². The molecular formula is C23H21ClN3O3S+. The van der Waals surface area contributed by atoms with Crippen LogP contribution in [0.5, 0.6) is 5.75 Å². The molecule has 0 saturated carbocycles. The van der Waals surface area contributed by atoms with Gasteiger partial charge in [0.15, 0.2) is 0 Å². The van der Waals surface area contributed by atoms with E-state index in [1.165, 1.54) is 15.3 Å². The predicted molar refractivity (Wildman–Crippen MR) is 120 cm³/mol. The Balaban J connectivity index is 1.31. The van der Waals surface area contributed by atoms with Gasteiger partial charge in [0.05, 0.1) is 29.6 Å². The van der Waals surface area contributed by atoms with Crippen molar-refractivity contribution in [2.75, 3.05) is 18.9 Å². The smallest absolute Gasteiger partial charge is 0.343 e. The molecule has 1 amide bonds. The molecule has 0 aliphatic carbocycles. The van der Waals surface area contributed by atoms with Gasteiger partial charge in [0.1, 0.15) is 23.5 Å². The molecule has 31 heavy (non-hydrogen) atoms. The van der Waals surface area contributed by atoms with Gasteiger partial charge in [0.25, 0.3) is 5.91 Å². The number of carbonyl (C=O) groups is 2. The lowest BCUT2D eigenvalue weighted by atomic mass is 10.0. The minimum Gasteiger partial charge on any atom is -0.423 e. The van der Waals surface area contributed by atoms with Gasteiger partial charge in [-0.1, -0.05) is 23.7 Å². The number of quaternary nitrogens is 1. The van der Waals surface area contributed by atoms with Gasteiger partial charge >= 0.3 is 5.97 Å². The number of fused-ring (bicyclic) bond motifs is 3. The molecule has 8 heteroatoms. The lowest BCUT2D eigenvalue weighted by molar-refractivity contribution is -0.895. The fraction of sp³-hybridized carbons (Fsp3) is 0.217. The summed E-state index contributed by atoms with van der Waals surface area (Å²) < 4.78 is 5.44. The molecule has 3 heterocycles. The number of ether oxygens (including phenoxy) is 1. The lowest BCUT2D eigenvalue weighted by Crippen LogP contribution is -3.08. The van der Waals surface area contributed by atoms with Crippen LogP contribution in [0.3, 0.4) is 0 Å². The largest absolute Gasteiger partial charge is 0.423 e. The summed E-state index contributed by atoms with van der Waals surface area (Å²) in [5.41, 5.74) is 3.31. The first kappa shape index (κ1) is 20.1. The third-order valence-corrected chi connectivity index (χ3v) is 7.05. The number of hydrogen-bond acceptors (Lipinski definition) is 5. The van der Waals surface area contributed by atoms with Gasteiger partial charge in [-0.05, 0) is 47.5 Å². The molecule has 6 nitrogen and oxygen atoms in total. The highest BCUT2D eigenvalue weighted by Gasteiger charge is 2.33. The first-order chi connectivity index (χ1) is 15.0. The highest BCUT2D eigenvalue weighted by molar-refractivity contribution is 7.16. The number of benzene rings is 2. The summed E-state index contributed by atoms with van der Waals surface area (Å²) in [6.07, 6.45) is 0.603. The maximum Gasteiger partial charge on any atom is 0.343 e. The Kier molecular flexibility index (Phi) is 5.17. The number of halogens is 1. The second-order valence-electron chi connectivity index (χ2n) is 7.86. The SMILES string of the molecule is C[NH+]1CCc2c(sc3c2C(=O)N[C@@H](c2ccc(OC(=O)c4ccc(Cl)cc4)cc2)N3)C1. The summed E-state index contributed by atoms with van der Waals surface area (Å²) >= 11 is 7.54. The van der Waals surface area contributed by atoms with Crippen LogP contribution in [0, 0.1) is 0 Å². The van der Waals surface area contributed by atoms with Crippen LogP contribution in [0.25, 0.3) is 0 Å². The van der Waals surface area contributed by atoms with Gasteiger partial charge in [0.2, 0.25) is 0 Å². The molecule has 0 spiro atoms. The molecule has 3 aromatic rings. The minimum atomic E-state index is -0.450. The molecule has 5 rings (SSSR count). The number of likely N-dealkylation sites (N-methyl/N-ethyl adjacent to an activating group) is 1. The molecule has 1 aromatic heterocycles. The lowest BCUT2D eigenvalue weighted by Gasteiger charge is -2.27. The Hall–Kier alpha value is -2.87. The number of hydrogen-bond donors (Lipinski definition) is 3. The van der Waals surface area contributed by atoms with Crippen LogP contribution in [0.15, 0.2) is 48.5 Å². The van der Waals surface area contributed by atoms with Crippen molar-refractivity contribution in [1.82, 2.24) is 5.32 Å². The topological polar surface area (TPSA) is 71.9 Å². The Morgan fingerprint density at radius 3 is 2.61 bits per heavy atom. The summed E-state index contributed by atoms with van der Waals surface area (Å²) in [6.45, 7) is 2.00. The van der Waals surface area contributed by atoms with Crippen molar-refractivity contribution in [2.24, 2.45) is 0 Å². The number of thiophene rings is 1. The fourth-order valence-electron chi connectivity index (χ4n) is 3.98. The highest BCUT2D eigenvalue weighted by Crippen LogP contribution is 2.39. The Morgan fingerprint density at radius 2 is 1.87 bits per heavy atom. The van der Waals surface area contributed by atoms with E-state index in [9.17, 15) is 9.59 Å². The summed E-state index contributed by atoms with van der Waals surface area (Å²) in [6, 6.07) is 13.7. The monoisotopic (exact) mass is 454 g/mol. The van der Waals surface area contributed by atoms with Crippen LogP contribution in [0.1, 0.15) is 42.9 Å². The maximum atomic E-state index is 12.8. The highest BCUT2D eigenvalue weighted by atomic mass is 35.5. The Labute approximate surface area is 188 Å². The van der Waals surface area contributed by atoms with Gasteiger partial charge in [0, 0.05) is 11.4 Å². The van der Waals surface area contributed by atoms with Crippen molar-refractivity contribution >= 4 is 39.8 Å². The van der Waals surface area contributed by atoms with Crippen molar-refractivity contribution in [1.29, 1.82) is 0 Å². The average Bonchev–Trinajstić information content (AvgIpc) is 3.12. The zero-order valence-electron chi connectivity index (χ0n) is 16.8. The molecule has 2 aliphatic heterocycles. The summed E-state index contributed by atoms with van der Waals surface area (Å²) in [4.78, 5) is 27.9. The zero-order chi connectivity index (χ0) is 21.5. The predicted octanol–water partition coefficient (Wildman–Crippen LogP) is 3.05. The van der Waals surface area contributed by atoms with E-state index in [4.69, 9.17) is 16.3 Å². The molecule has 0 bridgehead atoms. The van der Waals surface area contributed by atoms with E-state index in [2.05, 4.69) is 17.7 Å². The van der Waals surface area contributed by atoms with Crippen LogP contribution < -0.4 is 20.3 Å². The van der Waals surface area contributed by atoms with E-state index in [0.717, 1.165) is 35.6 Å². The number of anilines is 1. The molecule has 2 aromatic carbocycles. The molecule has 0 saturated heterocycles. The van der Waals surface area contributed by atoms with Crippen LogP contribution in [-0.2, 0) is 13.0 Å². The van der Waals surface area contributed by atoms with Gasteiger partial charge < -0.3 is 20.3 Å². The number of nitrogens with one attached hydrogen (secondary N) is 3. The number of esters is 1. The average molecular weight is 455 g/mol. The third-order valence-electron chi connectivity index (χ3n) is 5.64. The van der Waals surface area contributed by atoms with Gasteiger partial charge in [-0.15, -0.1) is 11.3 Å². The van der Waals surface area contributed by atoms with E-state index < -0.39 is 5.97 Å². The molecule has 2 aliphatic rings. The van der Waals surface area contributed by atoms with Crippen molar-refractivity contribution in [3.8, 4) is 5.75 Å². The summed E-state index contributed by atoms with van der Waals surface area (Å²) in [5, 5.41) is 8.02. The number of rotatable bonds is 3. The van der Waals surface area contributed by atoms with Crippen molar-refractivity contribution in [3.05, 3.63) is 80.7 Å². The summed E-state index contributed by atoms with van der Waals surface area (Å²) in [5.74, 6) is -0.0485. The van der Waals surface area contributed by atoms with Crippen LogP contribution in [0.2, 0.25) is 5.02 Å². The van der Waals surface area contributed by atoms with Crippen molar-refractivity contribution < 1.29 is 19.2 Å². The van der Waals surface area contributed by atoms with E-state index in [1.54, 1.807) is 47.7 Å². The molecule has 158 valence electrons. The van der Waals surface area contributed by atoms with E-state index in [-0.39, 0.29) is 12.1 Å². The molecule has 3 N–H and O–H groups in total. The van der Waals surface area contributed by atoms with Gasteiger partial charge in [-0.3, -0.25) is 4.79 Å². The molecule has 1 unspecified atom stereocenters. The first-order valence-electron chi connectivity index (χ1n) is 10.1. The van der Waals surface area contributed by atoms with Gasteiger partial charge in [-0.25, -0.2) is 4.79 Å². The molecule has 2 atom stereocenters. The van der Waals surface area contributed by atoms with E-state index in [0.29, 0.717) is 16.3 Å². The number of carbonyl (C=O) groups excluding carboxylic acids is 2. The zero-order valence-corrected chi connectivity index (χ0v) is 18.4. The second kappa shape index (κ2) is 8.00. The fourth-order valence-corrected chi connectivity index (χ4v) is 5.49. The second-order valence-corrected chi connectivity index (χ2v) is 9.40. The molecule has 0 radical (unpaired) electrons. The maximum absolute atomic E-state index is 12.8. The Bertz CT molecular complexity index is 1160. The molecule has 0 fully saturated rings. The van der Waals surface area contributed by atoms with Crippen LogP contribution in [0.4, 0.5) is 5.00 Å². The molecular weight excluding hydrogens is 434 g/mol. The number of amides is 1. The quantitative estimate of drug-likeness (QED) is 0.420. The Morgan fingerprint density at radius 1 is 1.13 bits per heavy atom. The third kappa shape index (κ3) is 3.92. The van der Waals surface area contributed by atoms with Gasteiger partial charge in [-0.2, -0.15) is 0 Å². The standard InChI is InChI=1S/C23H20ClN3O3S/c1-27-11-10-17-18(12-27)31-22-19(17)21(28)25-20(26-22)13-4-8-16(9-5-13)30-23(29)14-2-6-15(24)7-3-14/h2-9,20,26H,10-12H2,1H3,(H,25,28)/p+1/t20-/m1/s1. The summed E-state index contributed by atoms with van der Waals surface area (Å²) in [7, 11) is 2.18. The van der Waals surface area contributed by atoms with E-state index >= 15 is 0 Å². The van der Waals surface area contributed by atoms with E-state index in [1.807, 2.05) is 12.1 Å². The normalized spacial score (nSPS) is 19.6. The van der Waals surface area contributed by atoms with Crippen molar-refractivity contribution in [2.45, 2.75) is 19.1 Å². The van der Waals surface area contributed by atoms with Crippen LogP contribution in [-0.4, -0.2) is 25.5 Å². The van der Waals surface area contributed by atoms with Crippen molar-refractivity contribution in [3.63, 3.8) is 0 Å².